The number of thiocarbonyl (C=S) groups is 1. The third-order valence-electron chi connectivity index (χ3n) is 4.46. The number of amides is 1. The van der Waals surface area contributed by atoms with Crippen LogP contribution in [0.5, 0.6) is 0 Å². The molecule has 33 heavy (non-hydrogen) atoms. The van der Waals surface area contributed by atoms with Crippen molar-refractivity contribution in [2.24, 2.45) is 0 Å². The largest absolute Gasteiger partial charge is 0.332 e. The van der Waals surface area contributed by atoms with Gasteiger partial charge in [0.25, 0.3) is 21.6 Å². The zero-order valence-corrected chi connectivity index (χ0v) is 19.3. The average molecular weight is 485 g/mol. The van der Waals surface area contributed by atoms with Gasteiger partial charge in [0.05, 0.1) is 9.82 Å². The van der Waals surface area contributed by atoms with Gasteiger partial charge in [0.2, 0.25) is 0 Å². The maximum Gasteiger partial charge on any atom is 0.269 e. The number of hydrogen-bond donors (Lipinski definition) is 3. The van der Waals surface area contributed by atoms with E-state index >= 15 is 0 Å². The summed E-state index contributed by atoms with van der Waals surface area (Å²) in [6.45, 7) is 3.77. The van der Waals surface area contributed by atoms with Crippen LogP contribution in [0.4, 0.5) is 17.1 Å². The molecule has 3 rings (SSSR count). The minimum Gasteiger partial charge on any atom is -0.332 e. The number of nitro groups is 1. The Kier molecular flexibility index (Phi) is 7.04. The molecule has 170 valence electrons. The van der Waals surface area contributed by atoms with E-state index in [1.54, 1.807) is 12.1 Å². The van der Waals surface area contributed by atoms with Gasteiger partial charge in [-0.2, -0.15) is 0 Å². The van der Waals surface area contributed by atoms with E-state index in [0.29, 0.717) is 11.4 Å². The van der Waals surface area contributed by atoms with Gasteiger partial charge in [-0.05, 0) is 85.7 Å². The number of nitrogens with zero attached hydrogens (tertiary/aromatic N) is 1. The van der Waals surface area contributed by atoms with E-state index in [1.165, 1.54) is 48.5 Å². The summed E-state index contributed by atoms with van der Waals surface area (Å²) in [6, 6.07) is 16.4. The van der Waals surface area contributed by atoms with E-state index in [9.17, 15) is 23.3 Å². The SMILES string of the molecule is Cc1cc(C)cc(NS(=O)(=O)c2ccc(NC(=S)NC(=O)c3ccc([N+](=O)[O-])cc3)cc2)c1. The minimum absolute atomic E-state index is 0.0117. The number of hydrogen-bond acceptors (Lipinski definition) is 6. The highest BCUT2D eigenvalue weighted by Gasteiger charge is 2.15. The molecule has 0 aliphatic heterocycles. The van der Waals surface area contributed by atoms with Crippen LogP contribution < -0.4 is 15.4 Å². The first-order valence-electron chi connectivity index (χ1n) is 9.61. The number of carbonyl (C=O) groups is 1. The Bertz CT molecular complexity index is 1300. The highest BCUT2D eigenvalue weighted by atomic mass is 32.2. The van der Waals surface area contributed by atoms with Crippen molar-refractivity contribution in [3.05, 3.63) is 93.5 Å². The summed E-state index contributed by atoms with van der Waals surface area (Å²) < 4.78 is 27.9. The van der Waals surface area contributed by atoms with Crippen molar-refractivity contribution in [2.75, 3.05) is 10.0 Å². The standard InChI is InChI=1S/C22H20N4O5S2/c1-14-11-15(2)13-18(12-14)25-33(30,31)20-9-5-17(6-10-20)23-22(32)24-21(27)16-3-7-19(8-4-16)26(28)29/h3-13,25H,1-2H3,(H2,23,24,27,32). The number of non-ortho nitro benzene ring substituents is 1. The number of nitrogens with one attached hydrogen (secondary N) is 3. The number of anilines is 2. The lowest BCUT2D eigenvalue weighted by atomic mass is 10.1. The summed E-state index contributed by atoms with van der Waals surface area (Å²) in [5.41, 5.74) is 2.89. The summed E-state index contributed by atoms with van der Waals surface area (Å²) in [4.78, 5) is 22.4. The Hall–Kier alpha value is -3.83. The van der Waals surface area contributed by atoms with Crippen molar-refractivity contribution in [2.45, 2.75) is 18.7 Å². The number of aryl methyl sites for hydroxylation is 2. The van der Waals surface area contributed by atoms with Crippen LogP contribution in [0, 0.1) is 24.0 Å². The first-order valence-corrected chi connectivity index (χ1v) is 11.5. The van der Waals surface area contributed by atoms with Crippen molar-refractivity contribution in [3.8, 4) is 0 Å². The van der Waals surface area contributed by atoms with Crippen LogP contribution in [0.15, 0.2) is 71.6 Å². The molecule has 0 heterocycles. The molecule has 3 aromatic rings. The zero-order valence-electron chi connectivity index (χ0n) is 17.7. The molecular formula is C22H20N4O5S2. The topological polar surface area (TPSA) is 130 Å². The predicted molar refractivity (Wildman–Crippen MR) is 130 cm³/mol. The van der Waals surface area contributed by atoms with Crippen LogP contribution in [0.3, 0.4) is 0 Å². The van der Waals surface area contributed by atoms with Crippen molar-refractivity contribution >= 4 is 50.3 Å². The minimum atomic E-state index is -3.79. The lowest BCUT2D eigenvalue weighted by molar-refractivity contribution is -0.384. The van der Waals surface area contributed by atoms with E-state index < -0.39 is 20.9 Å². The van der Waals surface area contributed by atoms with Crippen molar-refractivity contribution in [3.63, 3.8) is 0 Å². The Morgan fingerprint density at radius 2 is 1.48 bits per heavy atom. The number of carbonyl (C=O) groups excluding carboxylic acids is 1. The highest BCUT2D eigenvalue weighted by molar-refractivity contribution is 7.92. The zero-order chi connectivity index (χ0) is 24.2. The fraction of sp³-hybridized carbons (Fsp3) is 0.0909. The number of rotatable bonds is 6. The van der Waals surface area contributed by atoms with E-state index in [-0.39, 0.29) is 21.3 Å². The number of benzene rings is 3. The van der Waals surface area contributed by atoms with E-state index in [0.717, 1.165) is 11.1 Å². The molecule has 0 fully saturated rings. The van der Waals surface area contributed by atoms with Gasteiger partial charge in [-0.3, -0.25) is 24.9 Å². The van der Waals surface area contributed by atoms with Gasteiger partial charge in [0.1, 0.15) is 0 Å². The van der Waals surface area contributed by atoms with Gasteiger partial charge in [0, 0.05) is 29.1 Å². The first kappa shape index (κ1) is 23.8. The van der Waals surface area contributed by atoms with E-state index in [4.69, 9.17) is 12.2 Å². The highest BCUT2D eigenvalue weighted by Crippen LogP contribution is 2.20. The van der Waals surface area contributed by atoms with Crippen molar-refractivity contribution < 1.29 is 18.1 Å². The molecule has 0 spiro atoms. The quantitative estimate of drug-likeness (QED) is 0.272. The van der Waals surface area contributed by atoms with Crippen molar-refractivity contribution in [1.29, 1.82) is 0 Å². The Labute approximate surface area is 196 Å². The van der Waals surface area contributed by atoms with Gasteiger partial charge >= 0.3 is 0 Å². The first-order chi connectivity index (χ1) is 15.5. The fourth-order valence-corrected chi connectivity index (χ4v) is 4.29. The van der Waals surface area contributed by atoms with Crippen LogP contribution in [-0.2, 0) is 10.0 Å². The van der Waals surface area contributed by atoms with Gasteiger partial charge < -0.3 is 5.32 Å². The summed E-state index contributed by atoms with van der Waals surface area (Å²) in [5.74, 6) is -0.542. The van der Waals surface area contributed by atoms with Crippen LogP contribution in [-0.4, -0.2) is 24.4 Å². The van der Waals surface area contributed by atoms with Gasteiger partial charge in [-0.15, -0.1) is 0 Å². The third kappa shape index (κ3) is 6.34. The van der Waals surface area contributed by atoms with Gasteiger partial charge in [0.15, 0.2) is 5.11 Å². The Balaban J connectivity index is 1.62. The molecule has 0 aromatic heterocycles. The summed E-state index contributed by atoms with van der Waals surface area (Å²) in [6.07, 6.45) is 0. The van der Waals surface area contributed by atoms with Crippen LogP contribution in [0.2, 0.25) is 0 Å². The summed E-state index contributed by atoms with van der Waals surface area (Å²) >= 11 is 5.12. The molecule has 0 unspecified atom stereocenters. The van der Waals surface area contributed by atoms with Gasteiger partial charge in [-0.1, -0.05) is 6.07 Å². The molecule has 0 atom stereocenters. The molecular weight excluding hydrogens is 464 g/mol. The number of sulfonamides is 1. The normalized spacial score (nSPS) is 10.8. The second-order valence-electron chi connectivity index (χ2n) is 7.22. The van der Waals surface area contributed by atoms with Crippen molar-refractivity contribution in [1.82, 2.24) is 5.32 Å². The molecule has 0 saturated heterocycles. The van der Waals surface area contributed by atoms with Crippen LogP contribution in [0.1, 0.15) is 21.5 Å². The predicted octanol–water partition coefficient (Wildman–Crippen LogP) is 4.14. The monoisotopic (exact) mass is 484 g/mol. The molecule has 0 aliphatic rings. The Morgan fingerprint density at radius 1 is 0.909 bits per heavy atom. The second kappa shape index (κ2) is 9.76. The third-order valence-corrected chi connectivity index (χ3v) is 6.07. The van der Waals surface area contributed by atoms with E-state index in [1.807, 2.05) is 19.9 Å². The smallest absolute Gasteiger partial charge is 0.269 e. The molecule has 9 nitrogen and oxygen atoms in total. The molecule has 11 heteroatoms. The Morgan fingerprint density at radius 3 is 2.03 bits per heavy atom. The maximum atomic E-state index is 12.7. The second-order valence-corrected chi connectivity index (χ2v) is 9.31. The lowest BCUT2D eigenvalue weighted by Crippen LogP contribution is -2.34. The molecule has 0 radical (unpaired) electrons. The molecule has 3 N–H and O–H groups in total. The molecule has 0 saturated carbocycles. The fourth-order valence-electron chi connectivity index (χ4n) is 3.04. The van der Waals surface area contributed by atoms with Gasteiger partial charge in [-0.25, -0.2) is 8.42 Å². The summed E-state index contributed by atoms with van der Waals surface area (Å²) in [7, 11) is -3.79. The molecule has 3 aromatic carbocycles. The molecule has 0 bridgehead atoms. The molecule has 1 amide bonds. The maximum absolute atomic E-state index is 12.7. The lowest BCUT2D eigenvalue weighted by Gasteiger charge is -2.12. The average Bonchev–Trinajstić information content (AvgIpc) is 2.73. The van der Waals surface area contributed by atoms with Crippen LogP contribution in [0.25, 0.3) is 0 Å². The summed E-state index contributed by atoms with van der Waals surface area (Å²) in [5, 5.41) is 15.9. The van der Waals surface area contributed by atoms with E-state index in [2.05, 4.69) is 15.4 Å². The molecule has 0 aliphatic carbocycles. The number of nitro benzene ring substituents is 1. The van der Waals surface area contributed by atoms with Crippen LogP contribution >= 0.6 is 12.2 Å².